The third-order valence-electron chi connectivity index (χ3n) is 4.01. The van der Waals surface area contributed by atoms with Crippen LogP contribution >= 0.6 is 0 Å². The molecule has 1 atom stereocenters. The molecule has 6 nitrogen and oxygen atoms in total. The molecule has 124 valence electrons. The van der Waals surface area contributed by atoms with Crippen molar-refractivity contribution in [3.05, 3.63) is 18.0 Å². The van der Waals surface area contributed by atoms with Gasteiger partial charge in [-0.1, -0.05) is 27.7 Å². The van der Waals surface area contributed by atoms with Crippen LogP contribution in [0.1, 0.15) is 39.6 Å². The molecule has 1 aromatic carbocycles. The third-order valence-corrected chi connectivity index (χ3v) is 4.01. The monoisotopic (exact) mass is 318 g/mol. The lowest BCUT2D eigenvalue weighted by Gasteiger charge is -2.22. The zero-order valence-corrected chi connectivity index (χ0v) is 13.9. The number of imidazole rings is 1. The fourth-order valence-corrected chi connectivity index (χ4v) is 3.05. The zero-order chi connectivity index (χ0) is 16.7. The summed E-state index contributed by atoms with van der Waals surface area (Å²) in [7, 11) is 0. The number of fused-ring (bicyclic) bond motifs is 2. The lowest BCUT2D eigenvalue weighted by molar-refractivity contribution is -0.142. The number of ether oxygens (including phenoxy) is 2. The molecule has 0 radical (unpaired) electrons. The summed E-state index contributed by atoms with van der Waals surface area (Å²) in [5.74, 6) is 1.58. The molecule has 0 spiro atoms. The van der Waals surface area contributed by atoms with E-state index in [9.17, 15) is 9.90 Å². The van der Waals surface area contributed by atoms with Crippen LogP contribution < -0.4 is 9.47 Å². The average Bonchev–Trinajstić information content (AvgIpc) is 3.00. The predicted molar refractivity (Wildman–Crippen MR) is 85.9 cm³/mol. The van der Waals surface area contributed by atoms with E-state index in [-0.39, 0.29) is 12.7 Å². The number of carbonyl (C=O) groups is 1. The number of hydrogen-bond acceptors (Lipinski definition) is 4. The van der Waals surface area contributed by atoms with E-state index in [2.05, 4.69) is 18.8 Å². The largest absolute Gasteiger partial charge is 0.480 e. The van der Waals surface area contributed by atoms with Crippen molar-refractivity contribution in [3.63, 3.8) is 0 Å². The van der Waals surface area contributed by atoms with Gasteiger partial charge in [0, 0.05) is 18.6 Å². The summed E-state index contributed by atoms with van der Waals surface area (Å²) >= 11 is 0. The molecule has 1 N–H and O–H groups in total. The lowest BCUT2D eigenvalue weighted by Crippen LogP contribution is -2.26. The molecule has 0 fully saturated rings. The minimum Gasteiger partial charge on any atom is -0.480 e. The minimum atomic E-state index is -0.845. The van der Waals surface area contributed by atoms with Crippen LogP contribution in [-0.4, -0.2) is 27.4 Å². The summed E-state index contributed by atoms with van der Waals surface area (Å²) in [5.41, 5.74) is 1.53. The van der Waals surface area contributed by atoms with Crippen molar-refractivity contribution in [2.45, 2.75) is 40.2 Å². The average molecular weight is 318 g/mol. The number of rotatable bonds is 5. The van der Waals surface area contributed by atoms with Gasteiger partial charge in [-0.25, -0.2) is 9.78 Å². The first kappa shape index (κ1) is 15.6. The first-order valence-corrected chi connectivity index (χ1v) is 7.91. The maximum absolute atomic E-state index is 11.9. The Morgan fingerprint density at radius 3 is 2.48 bits per heavy atom. The smallest absolute Gasteiger partial charge is 0.327 e. The van der Waals surface area contributed by atoms with Crippen LogP contribution in [0.15, 0.2) is 12.1 Å². The van der Waals surface area contributed by atoms with Gasteiger partial charge in [0.05, 0.1) is 11.0 Å². The Labute approximate surface area is 135 Å². The second-order valence-corrected chi connectivity index (χ2v) is 6.72. The van der Waals surface area contributed by atoms with Gasteiger partial charge in [0.15, 0.2) is 11.5 Å². The van der Waals surface area contributed by atoms with E-state index in [0.717, 1.165) is 23.3 Å². The number of benzene rings is 1. The Kier molecular flexibility index (Phi) is 3.92. The first-order chi connectivity index (χ1) is 10.9. The van der Waals surface area contributed by atoms with E-state index in [1.807, 2.05) is 30.5 Å². The van der Waals surface area contributed by atoms with Gasteiger partial charge in [-0.3, -0.25) is 0 Å². The highest BCUT2D eigenvalue weighted by Crippen LogP contribution is 2.38. The molecule has 6 heteroatoms. The highest BCUT2D eigenvalue weighted by atomic mass is 16.7. The summed E-state index contributed by atoms with van der Waals surface area (Å²) < 4.78 is 12.7. The van der Waals surface area contributed by atoms with Gasteiger partial charge in [0.2, 0.25) is 6.79 Å². The molecule has 0 amide bonds. The topological polar surface area (TPSA) is 73.6 Å². The second kappa shape index (κ2) is 5.76. The molecule has 2 heterocycles. The molecule has 1 unspecified atom stereocenters. The number of aliphatic carboxylic acids is 1. The fraction of sp³-hybridized carbons (Fsp3) is 0.529. The number of carboxylic acids is 1. The molecular weight excluding hydrogens is 296 g/mol. The summed E-state index contributed by atoms with van der Waals surface area (Å²) in [6.07, 6.45) is 0.720. The van der Waals surface area contributed by atoms with Crippen LogP contribution in [0.5, 0.6) is 11.5 Å². The van der Waals surface area contributed by atoms with Crippen LogP contribution in [0.2, 0.25) is 0 Å². The molecule has 3 rings (SSSR count). The highest BCUT2D eigenvalue weighted by molar-refractivity contribution is 5.84. The van der Waals surface area contributed by atoms with Crippen LogP contribution in [0.3, 0.4) is 0 Å². The Bertz CT molecular complexity index is 749. The van der Waals surface area contributed by atoms with Gasteiger partial charge < -0.3 is 19.1 Å². The quantitative estimate of drug-likeness (QED) is 0.916. The van der Waals surface area contributed by atoms with Crippen molar-refractivity contribution in [1.29, 1.82) is 0 Å². The first-order valence-electron chi connectivity index (χ1n) is 7.91. The summed E-state index contributed by atoms with van der Waals surface area (Å²) in [5, 5.41) is 9.72. The summed E-state index contributed by atoms with van der Waals surface area (Å²) in [6, 6.07) is 3.01. The normalized spacial score (nSPS) is 14.9. The Hall–Kier alpha value is -2.24. The molecule has 0 aliphatic carbocycles. The van der Waals surface area contributed by atoms with Crippen LogP contribution in [0.4, 0.5) is 0 Å². The number of carboxylic acid groups (broad SMARTS) is 1. The fourth-order valence-electron chi connectivity index (χ4n) is 3.05. The van der Waals surface area contributed by atoms with Gasteiger partial charge in [-0.2, -0.15) is 0 Å². The van der Waals surface area contributed by atoms with Crippen molar-refractivity contribution in [2.75, 3.05) is 6.79 Å². The van der Waals surface area contributed by atoms with E-state index in [1.165, 1.54) is 0 Å². The van der Waals surface area contributed by atoms with E-state index >= 15 is 0 Å². The lowest BCUT2D eigenvalue weighted by atomic mass is 10.0. The van der Waals surface area contributed by atoms with Gasteiger partial charge >= 0.3 is 5.97 Å². The minimum absolute atomic E-state index is 0.0544. The molecule has 23 heavy (non-hydrogen) atoms. The Balaban J connectivity index is 2.24. The maximum atomic E-state index is 11.9. The number of aromatic nitrogens is 2. The van der Waals surface area contributed by atoms with E-state index < -0.39 is 12.0 Å². The molecular formula is C17H22N2O4. The van der Waals surface area contributed by atoms with Gasteiger partial charge in [0.25, 0.3) is 0 Å². The van der Waals surface area contributed by atoms with Gasteiger partial charge in [0.1, 0.15) is 11.9 Å². The maximum Gasteiger partial charge on any atom is 0.327 e. The SMILES string of the molecule is CC(C)Cc1nc2cc3c(cc2n1C(C(=O)O)C(C)C)OCO3. The molecule has 1 aliphatic heterocycles. The Morgan fingerprint density at radius 1 is 1.26 bits per heavy atom. The van der Waals surface area contributed by atoms with Crippen LogP contribution in [0.25, 0.3) is 11.0 Å². The standard InChI is InChI=1S/C17H22N2O4/c1-9(2)5-15-18-11-6-13-14(23-8-22-13)7-12(11)19(15)16(10(3)4)17(20)21/h6-7,9-10,16H,5,8H2,1-4H3,(H,20,21). The van der Waals surface area contributed by atoms with E-state index in [4.69, 9.17) is 9.47 Å². The Morgan fingerprint density at radius 2 is 1.91 bits per heavy atom. The van der Waals surface area contributed by atoms with E-state index in [1.54, 1.807) is 0 Å². The molecule has 0 saturated heterocycles. The third kappa shape index (κ3) is 2.73. The van der Waals surface area contributed by atoms with Crippen molar-refractivity contribution >= 4 is 17.0 Å². The highest BCUT2D eigenvalue weighted by Gasteiger charge is 2.29. The summed E-state index contributed by atoms with van der Waals surface area (Å²) in [4.78, 5) is 16.5. The van der Waals surface area contributed by atoms with E-state index in [0.29, 0.717) is 17.4 Å². The number of hydrogen-bond donors (Lipinski definition) is 1. The molecule has 1 aromatic heterocycles. The van der Waals surface area contributed by atoms with Crippen LogP contribution in [0, 0.1) is 11.8 Å². The van der Waals surface area contributed by atoms with Gasteiger partial charge in [-0.15, -0.1) is 0 Å². The van der Waals surface area contributed by atoms with Crippen molar-refractivity contribution in [2.24, 2.45) is 11.8 Å². The zero-order valence-electron chi connectivity index (χ0n) is 13.9. The molecule has 1 aliphatic rings. The van der Waals surface area contributed by atoms with Crippen molar-refractivity contribution in [3.8, 4) is 11.5 Å². The molecule has 0 bridgehead atoms. The second-order valence-electron chi connectivity index (χ2n) is 6.72. The van der Waals surface area contributed by atoms with Crippen molar-refractivity contribution < 1.29 is 19.4 Å². The molecule has 2 aromatic rings. The number of nitrogens with zero attached hydrogens (tertiary/aromatic N) is 2. The van der Waals surface area contributed by atoms with Gasteiger partial charge in [-0.05, 0) is 11.8 Å². The van der Waals surface area contributed by atoms with Crippen molar-refractivity contribution in [1.82, 2.24) is 9.55 Å². The predicted octanol–water partition coefficient (Wildman–Crippen LogP) is 3.25. The summed E-state index contributed by atoms with van der Waals surface area (Å²) in [6.45, 7) is 8.21. The molecule has 0 saturated carbocycles. The van der Waals surface area contributed by atoms with Crippen LogP contribution in [-0.2, 0) is 11.2 Å².